The monoisotopic (exact) mass is 406 g/mol. The number of nitrogens with zero attached hydrogens (tertiary/aromatic N) is 1. The Hall–Kier alpha value is -2.74. The van der Waals surface area contributed by atoms with E-state index in [2.05, 4.69) is 5.32 Å². The van der Waals surface area contributed by atoms with Crippen LogP contribution in [-0.2, 0) is 21.2 Å². The lowest BCUT2D eigenvalue weighted by molar-refractivity contribution is -0.116. The van der Waals surface area contributed by atoms with Crippen molar-refractivity contribution in [3.8, 4) is 11.5 Å². The molecule has 0 heterocycles. The molecule has 2 aromatic rings. The maximum atomic E-state index is 12.7. The summed E-state index contributed by atoms with van der Waals surface area (Å²) in [4.78, 5) is 12.7. The molecule has 152 valence electrons. The molecular weight excluding hydrogens is 380 g/mol. The van der Waals surface area contributed by atoms with Gasteiger partial charge in [-0.2, -0.15) is 0 Å². The number of anilines is 2. The van der Waals surface area contributed by atoms with Crippen LogP contribution in [0.1, 0.15) is 19.4 Å². The van der Waals surface area contributed by atoms with Crippen molar-refractivity contribution in [3.63, 3.8) is 0 Å². The van der Waals surface area contributed by atoms with E-state index in [4.69, 9.17) is 9.47 Å². The molecule has 0 aliphatic rings. The van der Waals surface area contributed by atoms with E-state index in [1.165, 1.54) is 27.2 Å². The summed E-state index contributed by atoms with van der Waals surface area (Å²) < 4.78 is 36.4. The normalized spacial score (nSPS) is 12.2. The van der Waals surface area contributed by atoms with E-state index in [-0.39, 0.29) is 0 Å². The minimum atomic E-state index is -3.73. The summed E-state index contributed by atoms with van der Waals surface area (Å²) in [6.45, 7) is 3.58. The second kappa shape index (κ2) is 8.97. The van der Waals surface area contributed by atoms with Crippen molar-refractivity contribution in [1.82, 2.24) is 0 Å². The Bertz CT molecular complexity index is 926. The quantitative estimate of drug-likeness (QED) is 0.728. The van der Waals surface area contributed by atoms with Crippen LogP contribution in [0.15, 0.2) is 42.5 Å². The topological polar surface area (TPSA) is 84.9 Å². The molecule has 0 aromatic heterocycles. The summed E-state index contributed by atoms with van der Waals surface area (Å²) in [5, 5.41) is 2.77. The van der Waals surface area contributed by atoms with E-state index in [1.54, 1.807) is 24.3 Å². The fraction of sp³-hybridized carbons (Fsp3) is 0.350. The van der Waals surface area contributed by atoms with E-state index in [0.29, 0.717) is 22.9 Å². The highest BCUT2D eigenvalue weighted by molar-refractivity contribution is 7.92. The van der Waals surface area contributed by atoms with Gasteiger partial charge in [0.1, 0.15) is 6.04 Å². The molecule has 0 fully saturated rings. The molecule has 28 heavy (non-hydrogen) atoms. The molecule has 0 aliphatic heterocycles. The minimum Gasteiger partial charge on any atom is -0.493 e. The van der Waals surface area contributed by atoms with Crippen LogP contribution >= 0.6 is 0 Å². The predicted octanol–water partition coefficient (Wildman–Crippen LogP) is 3.06. The van der Waals surface area contributed by atoms with Gasteiger partial charge < -0.3 is 14.8 Å². The Kier molecular flexibility index (Phi) is 6.90. The largest absolute Gasteiger partial charge is 0.493 e. The molecule has 2 aromatic carbocycles. The zero-order chi connectivity index (χ0) is 20.9. The average molecular weight is 407 g/mol. The standard InChI is InChI=1S/C20H26N2O5S/c1-6-15-7-9-16(10-8-15)21-20(23)14(2)22(28(5,24)25)17-11-12-18(26-3)19(13-17)27-4/h7-14H,6H2,1-5H3,(H,21,23)/t14-/m0/s1. The van der Waals surface area contributed by atoms with Gasteiger partial charge in [0.2, 0.25) is 15.9 Å². The number of nitrogens with one attached hydrogen (secondary N) is 1. The van der Waals surface area contributed by atoms with Gasteiger partial charge in [0.15, 0.2) is 11.5 Å². The van der Waals surface area contributed by atoms with E-state index < -0.39 is 22.0 Å². The Balaban J connectivity index is 2.33. The molecule has 0 radical (unpaired) electrons. The first kappa shape index (κ1) is 21.6. The number of aryl methyl sites for hydroxylation is 1. The number of methoxy groups -OCH3 is 2. The fourth-order valence-electron chi connectivity index (χ4n) is 2.84. The van der Waals surface area contributed by atoms with Crippen LogP contribution in [0.25, 0.3) is 0 Å². The Morgan fingerprint density at radius 1 is 1.07 bits per heavy atom. The lowest BCUT2D eigenvalue weighted by Gasteiger charge is -2.28. The zero-order valence-electron chi connectivity index (χ0n) is 16.7. The molecule has 0 bridgehead atoms. The second-order valence-corrected chi connectivity index (χ2v) is 8.17. The van der Waals surface area contributed by atoms with Crippen molar-refractivity contribution in [2.45, 2.75) is 26.3 Å². The first-order valence-electron chi connectivity index (χ1n) is 8.82. The van der Waals surface area contributed by atoms with Crippen molar-refractivity contribution in [2.24, 2.45) is 0 Å². The predicted molar refractivity (Wildman–Crippen MR) is 111 cm³/mol. The maximum absolute atomic E-state index is 12.7. The van der Waals surface area contributed by atoms with E-state index in [0.717, 1.165) is 22.5 Å². The average Bonchev–Trinajstić information content (AvgIpc) is 2.67. The van der Waals surface area contributed by atoms with Gasteiger partial charge in [-0.05, 0) is 43.2 Å². The summed E-state index contributed by atoms with van der Waals surface area (Å²) in [5.74, 6) is 0.397. The molecule has 2 rings (SSSR count). The van der Waals surface area contributed by atoms with Gasteiger partial charge in [-0.3, -0.25) is 9.10 Å². The third kappa shape index (κ3) is 4.95. The van der Waals surface area contributed by atoms with Gasteiger partial charge in [0.05, 0.1) is 26.2 Å². The fourth-order valence-corrected chi connectivity index (χ4v) is 4.01. The van der Waals surface area contributed by atoms with Crippen LogP contribution in [0, 0.1) is 0 Å². The number of amides is 1. The van der Waals surface area contributed by atoms with Crippen LogP contribution in [0.4, 0.5) is 11.4 Å². The van der Waals surface area contributed by atoms with Crippen molar-refractivity contribution < 1.29 is 22.7 Å². The molecule has 1 N–H and O–H groups in total. The number of benzene rings is 2. The molecule has 7 nitrogen and oxygen atoms in total. The third-order valence-corrected chi connectivity index (χ3v) is 5.58. The summed E-state index contributed by atoms with van der Waals surface area (Å²) >= 11 is 0. The molecular formula is C20H26N2O5S. The summed E-state index contributed by atoms with van der Waals surface area (Å²) in [7, 11) is -0.781. The van der Waals surface area contributed by atoms with Crippen molar-refractivity contribution in [3.05, 3.63) is 48.0 Å². The van der Waals surface area contributed by atoms with Crippen LogP contribution in [0.3, 0.4) is 0 Å². The highest BCUT2D eigenvalue weighted by atomic mass is 32.2. The van der Waals surface area contributed by atoms with Crippen LogP contribution < -0.4 is 19.1 Å². The van der Waals surface area contributed by atoms with Gasteiger partial charge in [-0.15, -0.1) is 0 Å². The number of carbonyl (C=O) groups is 1. The summed E-state index contributed by atoms with van der Waals surface area (Å²) in [6.07, 6.45) is 1.95. The first-order chi connectivity index (χ1) is 13.2. The minimum absolute atomic E-state index is 0.309. The third-order valence-electron chi connectivity index (χ3n) is 4.34. The number of sulfonamides is 1. The van der Waals surface area contributed by atoms with Gasteiger partial charge in [-0.1, -0.05) is 19.1 Å². The first-order valence-corrected chi connectivity index (χ1v) is 10.7. The molecule has 1 atom stereocenters. The Labute approximate surface area is 166 Å². The molecule has 1 amide bonds. The smallest absolute Gasteiger partial charge is 0.247 e. The molecule has 0 unspecified atom stereocenters. The summed E-state index contributed by atoms with van der Waals surface area (Å²) in [5.41, 5.74) is 2.06. The molecule has 0 saturated carbocycles. The Morgan fingerprint density at radius 2 is 1.68 bits per heavy atom. The molecule has 8 heteroatoms. The number of ether oxygens (including phenoxy) is 2. The number of hydrogen-bond acceptors (Lipinski definition) is 5. The number of carbonyl (C=O) groups excluding carboxylic acids is 1. The van der Waals surface area contributed by atoms with Gasteiger partial charge in [0, 0.05) is 11.8 Å². The highest BCUT2D eigenvalue weighted by Gasteiger charge is 2.30. The van der Waals surface area contributed by atoms with Crippen LogP contribution in [0.5, 0.6) is 11.5 Å². The van der Waals surface area contributed by atoms with Crippen molar-refractivity contribution in [2.75, 3.05) is 30.1 Å². The Morgan fingerprint density at radius 3 is 2.18 bits per heavy atom. The van der Waals surface area contributed by atoms with Gasteiger partial charge >= 0.3 is 0 Å². The van der Waals surface area contributed by atoms with E-state index in [1.807, 2.05) is 19.1 Å². The van der Waals surface area contributed by atoms with Crippen LogP contribution in [0.2, 0.25) is 0 Å². The lowest BCUT2D eigenvalue weighted by Crippen LogP contribution is -2.45. The van der Waals surface area contributed by atoms with Gasteiger partial charge in [0.25, 0.3) is 0 Å². The molecule has 0 spiro atoms. The van der Waals surface area contributed by atoms with Gasteiger partial charge in [-0.25, -0.2) is 8.42 Å². The SMILES string of the molecule is CCc1ccc(NC(=O)[C@H](C)N(c2ccc(OC)c(OC)c2)S(C)(=O)=O)cc1. The van der Waals surface area contributed by atoms with Crippen molar-refractivity contribution >= 4 is 27.3 Å². The van der Waals surface area contributed by atoms with E-state index in [9.17, 15) is 13.2 Å². The summed E-state index contributed by atoms with van der Waals surface area (Å²) in [6, 6.07) is 11.2. The zero-order valence-corrected chi connectivity index (χ0v) is 17.5. The number of hydrogen-bond donors (Lipinski definition) is 1. The second-order valence-electron chi connectivity index (χ2n) is 6.31. The molecule has 0 aliphatic carbocycles. The van der Waals surface area contributed by atoms with E-state index >= 15 is 0 Å². The highest BCUT2D eigenvalue weighted by Crippen LogP contribution is 2.33. The maximum Gasteiger partial charge on any atom is 0.247 e. The van der Waals surface area contributed by atoms with Crippen LogP contribution in [-0.4, -0.2) is 40.8 Å². The molecule has 0 saturated heterocycles. The van der Waals surface area contributed by atoms with Crippen molar-refractivity contribution in [1.29, 1.82) is 0 Å². The lowest BCUT2D eigenvalue weighted by atomic mass is 10.1. The number of rotatable bonds is 8.